The normalized spacial score (nSPS) is 15.6. The number of nitrogens with two attached hydrogens (primary N) is 1. The molecule has 0 saturated carbocycles. The highest BCUT2D eigenvalue weighted by Crippen LogP contribution is 2.27. The molecule has 2 rings (SSSR count). The molecule has 19 heavy (non-hydrogen) atoms. The molecule has 0 aliphatic carbocycles. The number of aryl methyl sites for hydroxylation is 1. The molecule has 1 aromatic heterocycles. The van der Waals surface area contributed by atoms with Crippen molar-refractivity contribution in [1.29, 1.82) is 0 Å². The lowest BCUT2D eigenvalue weighted by molar-refractivity contribution is -0.130. The van der Waals surface area contributed by atoms with Crippen LogP contribution in [0.25, 0.3) is 0 Å². The number of nitrogens with zero attached hydrogens (tertiary/aromatic N) is 3. The number of hydrogen-bond donors (Lipinski definition) is 1. The van der Waals surface area contributed by atoms with E-state index < -0.39 is 0 Å². The fraction of sp³-hybridized carbons (Fsp3) is 0.667. The molecule has 0 bridgehead atoms. The number of carbonyl (C=O) groups excluding carboxylic acids is 1. The van der Waals surface area contributed by atoms with Crippen molar-refractivity contribution in [1.82, 2.24) is 14.7 Å². The van der Waals surface area contributed by atoms with Gasteiger partial charge < -0.3 is 10.6 Å². The number of piperidine rings is 1. The molecular formula is C12H22Cl2N4O. The number of likely N-dealkylation sites (tertiary alicyclic amines) is 1. The first-order valence-corrected chi connectivity index (χ1v) is 6.24. The van der Waals surface area contributed by atoms with Crippen LogP contribution in [0.15, 0.2) is 12.4 Å². The van der Waals surface area contributed by atoms with Crippen LogP contribution in [-0.2, 0) is 11.3 Å². The molecule has 1 aliphatic heterocycles. The summed E-state index contributed by atoms with van der Waals surface area (Å²) >= 11 is 0. The fourth-order valence-electron chi connectivity index (χ4n) is 2.35. The lowest BCUT2D eigenvalue weighted by Gasteiger charge is -2.31. The van der Waals surface area contributed by atoms with Crippen LogP contribution in [0.1, 0.15) is 31.2 Å². The van der Waals surface area contributed by atoms with E-state index in [0.717, 1.165) is 32.5 Å². The third-order valence-corrected chi connectivity index (χ3v) is 3.47. The highest BCUT2D eigenvalue weighted by atomic mass is 35.5. The minimum absolute atomic E-state index is 0. The first kappa shape index (κ1) is 18.2. The van der Waals surface area contributed by atoms with Crippen molar-refractivity contribution >= 4 is 30.7 Å². The molecule has 1 amide bonds. The predicted molar refractivity (Wildman–Crippen MR) is 80.0 cm³/mol. The van der Waals surface area contributed by atoms with E-state index in [2.05, 4.69) is 18.2 Å². The molecular weight excluding hydrogens is 287 g/mol. The van der Waals surface area contributed by atoms with Crippen molar-refractivity contribution in [2.45, 2.75) is 32.2 Å². The largest absolute Gasteiger partial charge is 0.342 e. The van der Waals surface area contributed by atoms with E-state index in [1.165, 1.54) is 5.56 Å². The second kappa shape index (κ2) is 8.40. The van der Waals surface area contributed by atoms with Crippen LogP contribution in [0.5, 0.6) is 0 Å². The quantitative estimate of drug-likeness (QED) is 0.918. The Labute approximate surface area is 126 Å². The van der Waals surface area contributed by atoms with Gasteiger partial charge in [0.05, 0.1) is 12.7 Å². The molecule has 110 valence electrons. The molecule has 1 aromatic rings. The summed E-state index contributed by atoms with van der Waals surface area (Å²) in [7, 11) is 0. The summed E-state index contributed by atoms with van der Waals surface area (Å²) in [5, 5.41) is 4.30. The first-order valence-electron chi connectivity index (χ1n) is 6.24. The zero-order chi connectivity index (χ0) is 12.3. The van der Waals surface area contributed by atoms with Gasteiger partial charge >= 0.3 is 0 Å². The summed E-state index contributed by atoms with van der Waals surface area (Å²) < 4.78 is 1.95. The van der Waals surface area contributed by atoms with Gasteiger partial charge in [0.25, 0.3) is 0 Å². The van der Waals surface area contributed by atoms with Gasteiger partial charge in [-0.05, 0) is 31.2 Å². The van der Waals surface area contributed by atoms with Crippen molar-refractivity contribution in [2.75, 3.05) is 19.6 Å². The Bertz CT molecular complexity index is 389. The van der Waals surface area contributed by atoms with Crippen molar-refractivity contribution < 1.29 is 4.79 Å². The van der Waals surface area contributed by atoms with Gasteiger partial charge in [-0.2, -0.15) is 5.10 Å². The Morgan fingerprint density at radius 1 is 1.42 bits per heavy atom. The molecule has 5 nitrogen and oxygen atoms in total. The van der Waals surface area contributed by atoms with Crippen LogP contribution < -0.4 is 5.73 Å². The summed E-state index contributed by atoms with van der Waals surface area (Å²) in [5.74, 6) is 0.602. The number of hydrogen-bond acceptors (Lipinski definition) is 3. The van der Waals surface area contributed by atoms with E-state index >= 15 is 0 Å². The number of rotatable bonds is 3. The van der Waals surface area contributed by atoms with Crippen molar-refractivity contribution in [2.24, 2.45) is 5.73 Å². The Morgan fingerprint density at radius 2 is 2.05 bits per heavy atom. The standard InChI is InChI=1S/C12H20N4O.2ClH/c1-2-16-9-11(8-14-16)10-3-5-15(6-4-10)12(17)7-13;;/h8-10H,2-7,13H2,1H3;2*1H. The Hall–Kier alpha value is -0.780. The number of amides is 1. The monoisotopic (exact) mass is 308 g/mol. The molecule has 1 fully saturated rings. The zero-order valence-corrected chi connectivity index (χ0v) is 12.8. The van der Waals surface area contributed by atoms with Gasteiger partial charge in [-0.1, -0.05) is 0 Å². The second-order valence-corrected chi connectivity index (χ2v) is 4.49. The maximum absolute atomic E-state index is 11.4. The van der Waals surface area contributed by atoms with Gasteiger partial charge in [0, 0.05) is 25.8 Å². The number of carbonyl (C=O) groups is 1. The van der Waals surface area contributed by atoms with Gasteiger partial charge in [0.2, 0.25) is 5.91 Å². The van der Waals surface area contributed by atoms with Crippen molar-refractivity contribution in [3.63, 3.8) is 0 Å². The van der Waals surface area contributed by atoms with Crippen LogP contribution in [0.4, 0.5) is 0 Å². The predicted octanol–water partition coefficient (Wildman–Crippen LogP) is 1.41. The van der Waals surface area contributed by atoms with Crippen LogP contribution in [0.3, 0.4) is 0 Å². The average Bonchev–Trinajstić information content (AvgIpc) is 2.87. The summed E-state index contributed by atoms with van der Waals surface area (Å²) in [6.07, 6.45) is 6.10. The molecule has 0 radical (unpaired) electrons. The molecule has 0 atom stereocenters. The lowest BCUT2D eigenvalue weighted by atomic mass is 9.91. The molecule has 2 heterocycles. The molecule has 0 unspecified atom stereocenters. The fourth-order valence-corrected chi connectivity index (χ4v) is 2.35. The van der Waals surface area contributed by atoms with Crippen LogP contribution in [0.2, 0.25) is 0 Å². The third-order valence-electron chi connectivity index (χ3n) is 3.47. The van der Waals surface area contributed by atoms with E-state index in [4.69, 9.17) is 5.73 Å². The second-order valence-electron chi connectivity index (χ2n) is 4.49. The Kier molecular flexibility index (Phi) is 8.06. The van der Waals surface area contributed by atoms with E-state index in [1.807, 2.05) is 15.8 Å². The van der Waals surface area contributed by atoms with E-state index in [0.29, 0.717) is 5.92 Å². The Morgan fingerprint density at radius 3 is 2.53 bits per heavy atom. The minimum atomic E-state index is 0. The molecule has 7 heteroatoms. The summed E-state index contributed by atoms with van der Waals surface area (Å²) in [6.45, 7) is 4.75. The van der Waals surface area contributed by atoms with E-state index in [9.17, 15) is 4.79 Å². The van der Waals surface area contributed by atoms with Gasteiger partial charge in [-0.3, -0.25) is 9.48 Å². The molecule has 0 aromatic carbocycles. The van der Waals surface area contributed by atoms with Crippen molar-refractivity contribution in [3.8, 4) is 0 Å². The maximum Gasteiger partial charge on any atom is 0.236 e. The summed E-state index contributed by atoms with van der Waals surface area (Å²) in [4.78, 5) is 13.3. The van der Waals surface area contributed by atoms with Crippen LogP contribution >= 0.6 is 24.8 Å². The summed E-state index contributed by atoms with van der Waals surface area (Å²) in [6, 6.07) is 0. The SMILES string of the molecule is CCn1cc(C2CCN(C(=O)CN)CC2)cn1.Cl.Cl. The van der Waals surface area contributed by atoms with Crippen molar-refractivity contribution in [3.05, 3.63) is 18.0 Å². The van der Waals surface area contributed by atoms with Gasteiger partial charge in [0.1, 0.15) is 0 Å². The van der Waals surface area contributed by atoms with Gasteiger partial charge in [0.15, 0.2) is 0 Å². The zero-order valence-electron chi connectivity index (χ0n) is 11.1. The Balaban J connectivity index is 0.00000162. The van der Waals surface area contributed by atoms with Crippen LogP contribution in [0, 0.1) is 0 Å². The first-order chi connectivity index (χ1) is 8.24. The summed E-state index contributed by atoms with van der Waals surface area (Å²) in [5.41, 5.74) is 6.66. The third kappa shape index (κ3) is 4.37. The van der Waals surface area contributed by atoms with Gasteiger partial charge in [-0.25, -0.2) is 0 Å². The molecule has 2 N–H and O–H groups in total. The maximum atomic E-state index is 11.4. The van der Waals surface area contributed by atoms with Crippen LogP contribution in [-0.4, -0.2) is 40.2 Å². The van der Waals surface area contributed by atoms with E-state index in [1.54, 1.807) is 0 Å². The molecule has 1 aliphatic rings. The topological polar surface area (TPSA) is 64.2 Å². The average molecular weight is 309 g/mol. The molecule has 1 saturated heterocycles. The van der Waals surface area contributed by atoms with Gasteiger partial charge in [-0.15, -0.1) is 24.8 Å². The lowest BCUT2D eigenvalue weighted by Crippen LogP contribution is -2.41. The number of halogens is 2. The smallest absolute Gasteiger partial charge is 0.236 e. The minimum Gasteiger partial charge on any atom is -0.342 e. The number of aromatic nitrogens is 2. The highest BCUT2D eigenvalue weighted by molar-refractivity contribution is 5.85. The highest BCUT2D eigenvalue weighted by Gasteiger charge is 2.23. The van der Waals surface area contributed by atoms with E-state index in [-0.39, 0.29) is 37.3 Å². The molecule has 0 spiro atoms.